The van der Waals surface area contributed by atoms with E-state index in [1.54, 1.807) is 19.4 Å². The molecule has 1 saturated heterocycles. The van der Waals surface area contributed by atoms with Crippen LogP contribution < -0.4 is 15.0 Å². The smallest absolute Gasteiger partial charge is 0.255 e. The molecule has 1 amide bonds. The van der Waals surface area contributed by atoms with Crippen LogP contribution >= 0.6 is 15.9 Å². The van der Waals surface area contributed by atoms with Crippen LogP contribution in [0.25, 0.3) is 0 Å². The summed E-state index contributed by atoms with van der Waals surface area (Å²) in [5.74, 6) is 2.80. The second-order valence-electron chi connectivity index (χ2n) is 7.25. The first-order valence-electron chi connectivity index (χ1n) is 9.94. The Morgan fingerprint density at radius 2 is 1.81 bits per heavy atom. The number of ether oxygens (including phenoxy) is 1. The number of hydrogen-bond acceptors (Lipinski definition) is 7. The zero-order valence-corrected chi connectivity index (χ0v) is 19.0. The van der Waals surface area contributed by atoms with E-state index < -0.39 is 0 Å². The van der Waals surface area contributed by atoms with Crippen LogP contribution in [-0.4, -0.2) is 59.3 Å². The average molecular weight is 483 g/mol. The van der Waals surface area contributed by atoms with Gasteiger partial charge in [0, 0.05) is 36.8 Å². The zero-order valence-electron chi connectivity index (χ0n) is 17.4. The second kappa shape index (κ2) is 9.30. The molecule has 1 aromatic carbocycles. The predicted octanol–water partition coefficient (Wildman–Crippen LogP) is 3.66. The third-order valence-electron chi connectivity index (χ3n) is 5.11. The van der Waals surface area contributed by atoms with Crippen LogP contribution in [0.5, 0.6) is 5.75 Å². The minimum absolute atomic E-state index is 0.0124. The van der Waals surface area contributed by atoms with Crippen LogP contribution in [0.2, 0.25) is 0 Å². The van der Waals surface area contributed by atoms with Gasteiger partial charge in [-0.2, -0.15) is 0 Å². The topological polar surface area (TPSA) is 83.5 Å². The average Bonchev–Trinajstić information content (AvgIpc) is 2.81. The molecule has 160 valence electrons. The molecule has 31 heavy (non-hydrogen) atoms. The number of methoxy groups -OCH3 is 1. The van der Waals surface area contributed by atoms with Gasteiger partial charge in [-0.05, 0) is 64.8 Å². The zero-order chi connectivity index (χ0) is 21.8. The summed E-state index contributed by atoms with van der Waals surface area (Å²) in [6.07, 6.45) is 1.80. The number of nitrogens with zero attached hydrogens (tertiary/aromatic N) is 5. The molecule has 0 unspecified atom stereocenters. The van der Waals surface area contributed by atoms with Gasteiger partial charge in [-0.25, -0.2) is 4.98 Å². The van der Waals surface area contributed by atoms with Crippen molar-refractivity contribution < 1.29 is 9.53 Å². The van der Waals surface area contributed by atoms with Gasteiger partial charge < -0.3 is 19.9 Å². The van der Waals surface area contributed by atoms with E-state index in [1.807, 2.05) is 48.2 Å². The fourth-order valence-electron chi connectivity index (χ4n) is 3.34. The monoisotopic (exact) mass is 482 g/mol. The Labute approximate surface area is 189 Å². The number of carbonyl (C=O) groups is 1. The number of piperazine rings is 1. The lowest BCUT2D eigenvalue weighted by Gasteiger charge is -2.35. The van der Waals surface area contributed by atoms with Crippen molar-refractivity contribution in [3.63, 3.8) is 0 Å². The summed E-state index contributed by atoms with van der Waals surface area (Å²) in [5.41, 5.74) is 1.70. The van der Waals surface area contributed by atoms with Crippen molar-refractivity contribution in [2.24, 2.45) is 0 Å². The molecular weight excluding hydrogens is 460 g/mol. The molecule has 1 aliphatic heterocycles. The number of hydrogen-bond donors (Lipinski definition) is 1. The van der Waals surface area contributed by atoms with E-state index in [0.717, 1.165) is 21.7 Å². The van der Waals surface area contributed by atoms with E-state index in [2.05, 4.69) is 41.3 Å². The van der Waals surface area contributed by atoms with Crippen molar-refractivity contribution in [3.05, 3.63) is 64.3 Å². The SMILES string of the molecule is COc1ccc(Br)c(C(=O)N2CCN(c3ccc(Nc4ccc(C)cn4)nn3)CC2)c1. The molecule has 2 aromatic heterocycles. The molecule has 0 atom stereocenters. The molecule has 1 aliphatic rings. The Morgan fingerprint density at radius 1 is 1.03 bits per heavy atom. The van der Waals surface area contributed by atoms with E-state index in [-0.39, 0.29) is 5.91 Å². The van der Waals surface area contributed by atoms with Crippen LogP contribution in [-0.2, 0) is 0 Å². The van der Waals surface area contributed by atoms with Gasteiger partial charge in [-0.15, -0.1) is 10.2 Å². The molecule has 3 aromatic rings. The standard InChI is InChI=1S/C22H23BrN6O2/c1-15-3-6-19(24-14-15)25-20-7-8-21(27-26-20)28-9-11-29(12-10-28)22(30)17-13-16(31-2)4-5-18(17)23/h3-8,13-14H,9-12H2,1-2H3,(H,24,25,26). The van der Waals surface area contributed by atoms with Gasteiger partial charge in [0.25, 0.3) is 5.91 Å². The molecule has 1 fully saturated rings. The number of aryl methyl sites for hydroxylation is 1. The van der Waals surface area contributed by atoms with Crippen LogP contribution in [0.15, 0.2) is 53.1 Å². The summed E-state index contributed by atoms with van der Waals surface area (Å²) in [6, 6.07) is 13.1. The molecule has 0 radical (unpaired) electrons. The number of nitrogens with one attached hydrogen (secondary N) is 1. The quantitative estimate of drug-likeness (QED) is 0.593. The lowest BCUT2D eigenvalue weighted by Crippen LogP contribution is -2.49. The number of benzene rings is 1. The van der Waals surface area contributed by atoms with Gasteiger partial charge in [0.15, 0.2) is 11.6 Å². The Morgan fingerprint density at radius 3 is 2.45 bits per heavy atom. The maximum atomic E-state index is 13.0. The highest BCUT2D eigenvalue weighted by Gasteiger charge is 2.24. The predicted molar refractivity (Wildman–Crippen MR) is 123 cm³/mol. The first-order valence-corrected chi connectivity index (χ1v) is 10.7. The second-order valence-corrected chi connectivity index (χ2v) is 8.10. The maximum Gasteiger partial charge on any atom is 0.255 e. The number of pyridine rings is 1. The highest BCUT2D eigenvalue weighted by Crippen LogP contribution is 2.25. The van der Waals surface area contributed by atoms with Crippen LogP contribution in [0.4, 0.5) is 17.5 Å². The number of anilines is 3. The maximum absolute atomic E-state index is 13.0. The Kier molecular flexibility index (Phi) is 6.31. The van der Waals surface area contributed by atoms with E-state index >= 15 is 0 Å². The lowest BCUT2D eigenvalue weighted by molar-refractivity contribution is 0.0745. The summed E-state index contributed by atoms with van der Waals surface area (Å²) < 4.78 is 6.01. The van der Waals surface area contributed by atoms with Crippen molar-refractivity contribution in [3.8, 4) is 5.75 Å². The highest BCUT2D eigenvalue weighted by atomic mass is 79.9. The summed E-state index contributed by atoms with van der Waals surface area (Å²) in [5, 5.41) is 11.7. The summed E-state index contributed by atoms with van der Waals surface area (Å²) in [6.45, 7) is 4.59. The van der Waals surface area contributed by atoms with Crippen molar-refractivity contribution in [1.29, 1.82) is 0 Å². The summed E-state index contributed by atoms with van der Waals surface area (Å²) in [4.78, 5) is 21.2. The number of carbonyl (C=O) groups excluding carboxylic acids is 1. The van der Waals surface area contributed by atoms with E-state index in [1.165, 1.54) is 0 Å². The number of aromatic nitrogens is 3. The molecular formula is C22H23BrN6O2. The van der Waals surface area contributed by atoms with Gasteiger partial charge >= 0.3 is 0 Å². The van der Waals surface area contributed by atoms with Crippen LogP contribution in [0, 0.1) is 6.92 Å². The van der Waals surface area contributed by atoms with E-state index in [4.69, 9.17) is 4.74 Å². The summed E-state index contributed by atoms with van der Waals surface area (Å²) >= 11 is 3.47. The normalized spacial score (nSPS) is 13.8. The number of amides is 1. The largest absolute Gasteiger partial charge is 0.497 e. The fourth-order valence-corrected chi connectivity index (χ4v) is 3.75. The van der Waals surface area contributed by atoms with Crippen molar-refractivity contribution in [2.75, 3.05) is 43.5 Å². The molecule has 9 heteroatoms. The Balaban J connectivity index is 1.36. The molecule has 4 rings (SSSR count). The lowest BCUT2D eigenvalue weighted by atomic mass is 10.1. The van der Waals surface area contributed by atoms with Gasteiger partial charge in [-0.1, -0.05) is 6.07 Å². The van der Waals surface area contributed by atoms with Gasteiger partial charge in [0.2, 0.25) is 0 Å². The highest BCUT2D eigenvalue weighted by molar-refractivity contribution is 9.10. The Hall–Kier alpha value is -3.20. The molecule has 8 nitrogen and oxygen atoms in total. The Bertz CT molecular complexity index is 1050. The third-order valence-corrected chi connectivity index (χ3v) is 5.80. The molecule has 0 bridgehead atoms. The first kappa shape index (κ1) is 21.0. The van der Waals surface area contributed by atoms with Crippen molar-refractivity contribution in [2.45, 2.75) is 6.92 Å². The third kappa shape index (κ3) is 4.93. The fraction of sp³-hybridized carbons (Fsp3) is 0.273. The molecule has 1 N–H and O–H groups in total. The first-order chi connectivity index (χ1) is 15.0. The minimum Gasteiger partial charge on any atom is -0.497 e. The molecule has 0 saturated carbocycles. The molecule has 0 aliphatic carbocycles. The number of rotatable bonds is 5. The number of halogens is 1. The van der Waals surface area contributed by atoms with E-state index in [9.17, 15) is 4.79 Å². The molecule has 3 heterocycles. The summed E-state index contributed by atoms with van der Waals surface area (Å²) in [7, 11) is 1.59. The van der Waals surface area contributed by atoms with E-state index in [0.29, 0.717) is 43.3 Å². The van der Waals surface area contributed by atoms with Crippen LogP contribution in [0.3, 0.4) is 0 Å². The van der Waals surface area contributed by atoms with Gasteiger partial charge in [0.1, 0.15) is 11.6 Å². The van der Waals surface area contributed by atoms with Crippen molar-refractivity contribution in [1.82, 2.24) is 20.1 Å². The molecule has 0 spiro atoms. The van der Waals surface area contributed by atoms with Gasteiger partial charge in [-0.3, -0.25) is 4.79 Å². The minimum atomic E-state index is -0.0124. The van der Waals surface area contributed by atoms with Gasteiger partial charge in [0.05, 0.1) is 12.7 Å². The van der Waals surface area contributed by atoms with Crippen molar-refractivity contribution >= 4 is 39.3 Å². The van der Waals surface area contributed by atoms with Crippen LogP contribution in [0.1, 0.15) is 15.9 Å².